The highest BCUT2D eigenvalue weighted by molar-refractivity contribution is 7.79. The number of hydrogen-bond acceptors (Lipinski definition) is 7. The van der Waals surface area contributed by atoms with Crippen LogP contribution in [-0.2, 0) is 11.1 Å². The first-order chi connectivity index (χ1) is 13.0. The highest BCUT2D eigenvalue weighted by Crippen LogP contribution is 2.28. The summed E-state index contributed by atoms with van der Waals surface area (Å²) in [7, 11) is 0. The van der Waals surface area contributed by atoms with Gasteiger partial charge in [0.25, 0.3) is 0 Å². The number of aromatic amines is 1. The van der Waals surface area contributed by atoms with Crippen LogP contribution in [0.3, 0.4) is 0 Å². The minimum absolute atomic E-state index is 0.172. The lowest BCUT2D eigenvalue weighted by Crippen LogP contribution is -2.46. The van der Waals surface area contributed by atoms with Crippen molar-refractivity contribution in [3.05, 3.63) is 23.7 Å². The number of H-pyrrole nitrogens is 1. The number of rotatable bonds is 5. The van der Waals surface area contributed by atoms with Crippen LogP contribution in [0, 0.1) is 5.92 Å². The van der Waals surface area contributed by atoms with Gasteiger partial charge < -0.3 is 9.87 Å². The van der Waals surface area contributed by atoms with Crippen LogP contribution < -0.4 is 5.32 Å². The number of nitrogens with zero attached hydrogens (tertiary/aromatic N) is 6. The van der Waals surface area contributed by atoms with E-state index < -0.39 is 11.1 Å². The van der Waals surface area contributed by atoms with Crippen molar-refractivity contribution in [2.75, 3.05) is 24.3 Å². The van der Waals surface area contributed by atoms with E-state index in [0.29, 0.717) is 22.3 Å². The van der Waals surface area contributed by atoms with Crippen molar-refractivity contribution < 1.29 is 8.76 Å². The van der Waals surface area contributed by atoms with Gasteiger partial charge in [0.2, 0.25) is 5.95 Å². The molecule has 0 spiro atoms. The van der Waals surface area contributed by atoms with E-state index in [1.54, 1.807) is 23.2 Å². The maximum atomic E-state index is 11.0. The third kappa shape index (κ3) is 3.81. The second-order valence-corrected chi connectivity index (χ2v) is 7.92. The number of fused-ring (bicyclic) bond motifs is 1. The van der Waals surface area contributed by atoms with Crippen molar-refractivity contribution >= 4 is 34.3 Å². The first-order valence-electron chi connectivity index (χ1n) is 8.47. The van der Waals surface area contributed by atoms with Crippen molar-refractivity contribution in [1.29, 1.82) is 0 Å². The van der Waals surface area contributed by atoms with Crippen LogP contribution in [0.15, 0.2) is 18.7 Å². The molecule has 0 aliphatic carbocycles. The highest BCUT2D eigenvalue weighted by Gasteiger charge is 2.27. The summed E-state index contributed by atoms with van der Waals surface area (Å²) in [5.41, 5.74) is 1.89. The summed E-state index contributed by atoms with van der Waals surface area (Å²) < 4.78 is 21.6. The Bertz CT molecular complexity index is 962. The van der Waals surface area contributed by atoms with Crippen LogP contribution in [0.25, 0.3) is 16.9 Å². The average Bonchev–Trinajstić information content (AvgIpc) is 3.27. The molecule has 4 heterocycles. The number of likely N-dealkylation sites (tertiary alicyclic amines) is 1. The van der Waals surface area contributed by atoms with Crippen LogP contribution in [-0.4, -0.2) is 68.4 Å². The van der Waals surface area contributed by atoms with Crippen LogP contribution in [0.1, 0.15) is 13.3 Å². The zero-order valence-corrected chi connectivity index (χ0v) is 16.1. The van der Waals surface area contributed by atoms with E-state index in [1.165, 1.54) is 0 Å². The van der Waals surface area contributed by atoms with Gasteiger partial charge in [0.1, 0.15) is 17.2 Å². The predicted octanol–water partition coefficient (Wildman–Crippen LogP) is 1.47. The normalized spacial score (nSPS) is 22.2. The molecule has 1 aliphatic heterocycles. The second-order valence-electron chi connectivity index (χ2n) is 6.64. The van der Waals surface area contributed by atoms with Gasteiger partial charge in [0.15, 0.2) is 16.7 Å². The van der Waals surface area contributed by atoms with Crippen molar-refractivity contribution in [1.82, 2.24) is 34.7 Å². The molecule has 3 aromatic rings. The summed E-state index contributed by atoms with van der Waals surface area (Å²) in [4.78, 5) is 10.9. The van der Waals surface area contributed by atoms with Gasteiger partial charge in [-0.25, -0.2) is 9.19 Å². The average molecular weight is 411 g/mol. The van der Waals surface area contributed by atoms with E-state index in [-0.39, 0.29) is 17.8 Å². The number of nitrogens with one attached hydrogen (secondary N) is 2. The maximum absolute atomic E-state index is 11.0. The van der Waals surface area contributed by atoms with E-state index in [1.807, 2.05) is 4.90 Å². The molecule has 0 aromatic carbocycles. The number of anilines is 1. The van der Waals surface area contributed by atoms with Gasteiger partial charge in [-0.2, -0.15) is 14.6 Å². The quantitative estimate of drug-likeness (QED) is 0.540. The molecule has 1 saturated heterocycles. The summed E-state index contributed by atoms with van der Waals surface area (Å²) in [5, 5.41) is 14.8. The first-order valence-corrected chi connectivity index (χ1v) is 10.1. The van der Waals surface area contributed by atoms with E-state index in [4.69, 9.17) is 16.2 Å². The minimum Gasteiger partial charge on any atom is -0.350 e. The Hall–Kier alpha value is -2.08. The Morgan fingerprint density at radius 1 is 1.52 bits per heavy atom. The Labute approximate surface area is 162 Å². The smallest absolute Gasteiger partial charge is 0.243 e. The van der Waals surface area contributed by atoms with Gasteiger partial charge >= 0.3 is 0 Å². The molecule has 0 radical (unpaired) electrons. The van der Waals surface area contributed by atoms with Crippen molar-refractivity contribution in [3.63, 3.8) is 0 Å². The van der Waals surface area contributed by atoms with Gasteiger partial charge in [-0.15, -0.1) is 5.10 Å². The zero-order chi connectivity index (χ0) is 19.0. The van der Waals surface area contributed by atoms with E-state index in [0.717, 1.165) is 25.1 Å². The fraction of sp³-hybridized carbons (Fsp3) is 0.467. The molecule has 0 bridgehead atoms. The summed E-state index contributed by atoms with van der Waals surface area (Å²) >= 11 is 4.66. The van der Waals surface area contributed by atoms with Crippen molar-refractivity contribution in [2.45, 2.75) is 19.4 Å². The molecule has 1 aliphatic rings. The lowest BCUT2D eigenvalue weighted by Gasteiger charge is -2.36. The van der Waals surface area contributed by atoms with Crippen molar-refractivity contribution in [2.24, 2.45) is 5.92 Å². The first kappa shape index (κ1) is 18.3. The van der Waals surface area contributed by atoms with Gasteiger partial charge in [-0.3, -0.25) is 10.00 Å². The van der Waals surface area contributed by atoms with Crippen LogP contribution in [0.4, 0.5) is 5.95 Å². The molecule has 10 nitrogen and oxygen atoms in total. The van der Waals surface area contributed by atoms with Gasteiger partial charge in [0.05, 0.1) is 11.9 Å². The molecule has 3 aromatic heterocycles. The Kier molecular flexibility index (Phi) is 5.08. The molecule has 1 fully saturated rings. The predicted molar refractivity (Wildman–Crippen MR) is 102 cm³/mol. The maximum Gasteiger partial charge on any atom is 0.243 e. The zero-order valence-electron chi connectivity index (χ0n) is 14.5. The number of halogens is 1. The molecule has 4 rings (SSSR count). The van der Waals surface area contributed by atoms with Crippen LogP contribution in [0.2, 0.25) is 5.02 Å². The summed E-state index contributed by atoms with van der Waals surface area (Å²) in [6.07, 6.45) is 5.77. The fourth-order valence-electron chi connectivity index (χ4n) is 3.36. The largest absolute Gasteiger partial charge is 0.350 e. The Morgan fingerprint density at radius 3 is 3.07 bits per heavy atom. The third-order valence-electron chi connectivity index (χ3n) is 4.70. The second kappa shape index (κ2) is 7.50. The van der Waals surface area contributed by atoms with E-state index in [9.17, 15) is 4.21 Å². The molecule has 12 heteroatoms. The SMILES string of the molecule is CC1CN(CS(=O)O)CCC1Nc1nc2c(Cl)c(-c3cn[nH]c3)ncn2n1. The third-order valence-corrected chi connectivity index (χ3v) is 5.63. The van der Waals surface area contributed by atoms with Gasteiger partial charge in [-0.05, 0) is 12.3 Å². The molecule has 0 amide bonds. The van der Waals surface area contributed by atoms with Gasteiger partial charge in [-0.1, -0.05) is 18.5 Å². The monoisotopic (exact) mass is 410 g/mol. The molecular formula is C15H19ClN8O2S. The molecule has 0 saturated carbocycles. The summed E-state index contributed by atoms with van der Waals surface area (Å²) in [6.45, 7) is 3.59. The lowest BCUT2D eigenvalue weighted by molar-refractivity contribution is 0.194. The van der Waals surface area contributed by atoms with E-state index in [2.05, 4.69) is 37.5 Å². The summed E-state index contributed by atoms with van der Waals surface area (Å²) in [5.74, 6) is 0.949. The number of hydrogen-bond donors (Lipinski definition) is 3. The Balaban J connectivity index is 1.52. The number of piperidine rings is 1. The number of aromatic nitrogens is 6. The molecule has 144 valence electrons. The minimum atomic E-state index is -1.81. The van der Waals surface area contributed by atoms with Crippen LogP contribution >= 0.6 is 11.6 Å². The molecular weight excluding hydrogens is 392 g/mol. The lowest BCUT2D eigenvalue weighted by atomic mass is 9.94. The Morgan fingerprint density at radius 2 is 2.37 bits per heavy atom. The molecule has 3 atom stereocenters. The fourth-order valence-corrected chi connectivity index (χ4v) is 4.19. The standard InChI is InChI=1S/C15H19ClN8O2S/c1-9-6-23(8-27(25)26)3-2-11(9)20-15-21-14-12(16)13(10-4-18-19-5-10)17-7-24(14)22-15/h4-5,7,9,11H,2-3,6,8H2,1H3,(H,18,19)(H,20,22)(H,25,26). The van der Waals surface area contributed by atoms with Crippen molar-refractivity contribution in [3.8, 4) is 11.3 Å². The summed E-state index contributed by atoms with van der Waals surface area (Å²) in [6, 6.07) is 0.172. The van der Waals surface area contributed by atoms with Gasteiger partial charge in [0, 0.05) is 30.9 Å². The molecule has 3 unspecified atom stereocenters. The molecule has 3 N–H and O–H groups in total. The molecule has 27 heavy (non-hydrogen) atoms. The highest BCUT2D eigenvalue weighted by atomic mass is 35.5. The van der Waals surface area contributed by atoms with Crippen LogP contribution in [0.5, 0.6) is 0 Å². The topological polar surface area (TPSA) is 124 Å². The van der Waals surface area contributed by atoms with E-state index >= 15 is 0 Å².